The van der Waals surface area contributed by atoms with Crippen molar-refractivity contribution in [1.82, 2.24) is 5.32 Å². The average Bonchev–Trinajstić information content (AvgIpc) is 2.29. The molecule has 0 heterocycles. The molecule has 2 amide bonds. The van der Waals surface area contributed by atoms with Crippen LogP contribution in [0, 0.1) is 17.2 Å². The van der Waals surface area contributed by atoms with Gasteiger partial charge >= 0.3 is 6.03 Å². The van der Waals surface area contributed by atoms with Crippen molar-refractivity contribution in [2.75, 3.05) is 11.9 Å². The monoisotopic (exact) mass is 237 g/mol. The Labute approximate surface area is 99.2 Å². The number of halogens is 1. The highest BCUT2D eigenvalue weighted by atomic mass is 35.5. The van der Waals surface area contributed by atoms with E-state index >= 15 is 0 Å². The van der Waals surface area contributed by atoms with Crippen LogP contribution < -0.4 is 10.6 Å². The van der Waals surface area contributed by atoms with Gasteiger partial charge in [-0.05, 0) is 19.1 Å². The first-order valence-electron chi connectivity index (χ1n) is 4.82. The quantitative estimate of drug-likeness (QED) is 0.849. The van der Waals surface area contributed by atoms with Crippen LogP contribution in [-0.2, 0) is 0 Å². The molecule has 0 fully saturated rings. The second kappa shape index (κ2) is 5.99. The van der Waals surface area contributed by atoms with Crippen molar-refractivity contribution in [3.8, 4) is 6.07 Å². The minimum atomic E-state index is -0.366. The Morgan fingerprint density at radius 3 is 2.88 bits per heavy atom. The van der Waals surface area contributed by atoms with E-state index in [2.05, 4.69) is 10.6 Å². The molecule has 84 valence electrons. The summed E-state index contributed by atoms with van der Waals surface area (Å²) >= 11 is 5.86. The summed E-state index contributed by atoms with van der Waals surface area (Å²) in [6, 6.07) is 8.61. The van der Waals surface area contributed by atoms with Crippen LogP contribution in [0.4, 0.5) is 10.5 Å². The first-order chi connectivity index (χ1) is 7.63. The number of urea groups is 1. The zero-order chi connectivity index (χ0) is 12.0. The van der Waals surface area contributed by atoms with Gasteiger partial charge in [0.05, 0.1) is 22.7 Å². The molecule has 0 aliphatic rings. The molecule has 0 aliphatic carbocycles. The van der Waals surface area contributed by atoms with Crippen LogP contribution in [-0.4, -0.2) is 12.6 Å². The molecule has 0 bridgehead atoms. The average molecular weight is 238 g/mol. The molecular weight excluding hydrogens is 226 g/mol. The van der Waals surface area contributed by atoms with Gasteiger partial charge in [-0.25, -0.2) is 4.79 Å². The molecule has 16 heavy (non-hydrogen) atoms. The molecule has 0 saturated heterocycles. The zero-order valence-electron chi connectivity index (χ0n) is 8.83. The number of carbonyl (C=O) groups is 1. The van der Waals surface area contributed by atoms with E-state index in [0.29, 0.717) is 17.3 Å². The third-order valence-electron chi connectivity index (χ3n) is 1.91. The standard InChI is InChI=1S/C11H12ClN3O/c1-8(6-13)7-14-11(16)15-10-5-3-2-4-9(10)12/h2-5,8H,7H2,1H3,(H2,14,15,16). The van der Waals surface area contributed by atoms with Crippen molar-refractivity contribution in [2.24, 2.45) is 5.92 Å². The molecule has 1 atom stereocenters. The predicted molar refractivity (Wildman–Crippen MR) is 63.3 cm³/mol. The van der Waals surface area contributed by atoms with Crippen molar-refractivity contribution in [1.29, 1.82) is 5.26 Å². The number of amides is 2. The maximum Gasteiger partial charge on any atom is 0.319 e. The Hall–Kier alpha value is -1.73. The summed E-state index contributed by atoms with van der Waals surface area (Å²) in [5.41, 5.74) is 0.547. The second-order valence-corrected chi connectivity index (χ2v) is 3.75. The summed E-state index contributed by atoms with van der Waals surface area (Å²) in [5.74, 6) is -0.211. The summed E-state index contributed by atoms with van der Waals surface area (Å²) in [7, 11) is 0. The molecule has 1 rings (SSSR count). The third kappa shape index (κ3) is 3.79. The van der Waals surface area contributed by atoms with Gasteiger partial charge in [0.2, 0.25) is 0 Å². The van der Waals surface area contributed by atoms with E-state index in [1.54, 1.807) is 31.2 Å². The lowest BCUT2D eigenvalue weighted by Gasteiger charge is -2.09. The summed E-state index contributed by atoms with van der Waals surface area (Å²) < 4.78 is 0. The van der Waals surface area contributed by atoms with Gasteiger partial charge in [-0.15, -0.1) is 0 Å². The Bertz CT molecular complexity index is 414. The largest absolute Gasteiger partial charge is 0.337 e. The van der Waals surface area contributed by atoms with E-state index in [0.717, 1.165) is 0 Å². The molecule has 1 aromatic rings. The van der Waals surface area contributed by atoms with Gasteiger partial charge in [0.1, 0.15) is 0 Å². The number of nitrogens with one attached hydrogen (secondary N) is 2. The molecule has 0 spiro atoms. The minimum absolute atomic E-state index is 0.211. The van der Waals surface area contributed by atoms with Crippen LogP contribution in [0.15, 0.2) is 24.3 Å². The third-order valence-corrected chi connectivity index (χ3v) is 2.24. The van der Waals surface area contributed by atoms with E-state index in [4.69, 9.17) is 16.9 Å². The lowest BCUT2D eigenvalue weighted by Crippen LogP contribution is -2.32. The Morgan fingerprint density at radius 2 is 2.25 bits per heavy atom. The van der Waals surface area contributed by atoms with E-state index in [9.17, 15) is 4.79 Å². The van der Waals surface area contributed by atoms with Crippen LogP contribution in [0.3, 0.4) is 0 Å². The molecule has 5 heteroatoms. The Morgan fingerprint density at radius 1 is 1.56 bits per heavy atom. The van der Waals surface area contributed by atoms with Crippen molar-refractivity contribution in [3.05, 3.63) is 29.3 Å². The first-order valence-corrected chi connectivity index (χ1v) is 5.20. The van der Waals surface area contributed by atoms with Gasteiger partial charge in [0.15, 0.2) is 0 Å². The highest BCUT2D eigenvalue weighted by Gasteiger charge is 2.06. The maximum atomic E-state index is 11.4. The van der Waals surface area contributed by atoms with Crippen molar-refractivity contribution >= 4 is 23.3 Å². The van der Waals surface area contributed by atoms with Crippen LogP contribution in [0.25, 0.3) is 0 Å². The molecule has 0 saturated carbocycles. The molecule has 0 aromatic heterocycles. The number of rotatable bonds is 3. The fourth-order valence-electron chi connectivity index (χ4n) is 1.02. The van der Waals surface area contributed by atoms with Crippen LogP contribution >= 0.6 is 11.6 Å². The van der Waals surface area contributed by atoms with Crippen molar-refractivity contribution in [2.45, 2.75) is 6.92 Å². The Balaban J connectivity index is 2.47. The number of benzene rings is 1. The summed E-state index contributed by atoms with van der Waals surface area (Å²) in [6.07, 6.45) is 0. The number of para-hydroxylation sites is 1. The highest BCUT2D eigenvalue weighted by Crippen LogP contribution is 2.19. The predicted octanol–water partition coefficient (Wildman–Crippen LogP) is 2.62. The lowest BCUT2D eigenvalue weighted by atomic mass is 10.2. The second-order valence-electron chi connectivity index (χ2n) is 3.35. The fraction of sp³-hybridized carbons (Fsp3) is 0.273. The van der Waals surface area contributed by atoms with Crippen LogP contribution in [0.5, 0.6) is 0 Å². The topological polar surface area (TPSA) is 64.9 Å². The van der Waals surface area contributed by atoms with Crippen LogP contribution in [0.2, 0.25) is 5.02 Å². The summed E-state index contributed by atoms with van der Waals surface area (Å²) in [6.45, 7) is 2.04. The minimum Gasteiger partial charge on any atom is -0.337 e. The number of nitriles is 1. The molecule has 4 nitrogen and oxygen atoms in total. The van der Waals surface area contributed by atoms with Gasteiger partial charge in [0, 0.05) is 6.54 Å². The van der Waals surface area contributed by atoms with E-state index in [-0.39, 0.29) is 11.9 Å². The molecule has 2 N–H and O–H groups in total. The SMILES string of the molecule is CC(C#N)CNC(=O)Nc1ccccc1Cl. The van der Waals surface area contributed by atoms with Gasteiger partial charge in [-0.3, -0.25) is 0 Å². The zero-order valence-corrected chi connectivity index (χ0v) is 9.58. The van der Waals surface area contributed by atoms with Gasteiger partial charge in [-0.1, -0.05) is 23.7 Å². The number of carbonyl (C=O) groups excluding carboxylic acids is 1. The van der Waals surface area contributed by atoms with Gasteiger partial charge in [-0.2, -0.15) is 5.26 Å². The number of hydrogen-bond donors (Lipinski definition) is 2. The van der Waals surface area contributed by atoms with E-state index < -0.39 is 0 Å². The molecular formula is C11H12ClN3O. The first kappa shape index (κ1) is 12.3. The summed E-state index contributed by atoms with van der Waals surface area (Å²) in [5, 5.41) is 14.2. The smallest absolute Gasteiger partial charge is 0.319 e. The molecule has 1 aromatic carbocycles. The van der Waals surface area contributed by atoms with Crippen molar-refractivity contribution < 1.29 is 4.79 Å². The number of nitrogens with zero attached hydrogens (tertiary/aromatic N) is 1. The normalized spacial score (nSPS) is 11.3. The molecule has 0 radical (unpaired) electrons. The van der Waals surface area contributed by atoms with Crippen LogP contribution in [0.1, 0.15) is 6.92 Å². The summed E-state index contributed by atoms with van der Waals surface area (Å²) in [4.78, 5) is 11.4. The van der Waals surface area contributed by atoms with Crippen molar-refractivity contribution in [3.63, 3.8) is 0 Å². The highest BCUT2D eigenvalue weighted by molar-refractivity contribution is 6.33. The molecule has 1 unspecified atom stereocenters. The number of anilines is 1. The van der Waals surface area contributed by atoms with Gasteiger partial charge in [0.25, 0.3) is 0 Å². The Kier molecular flexibility index (Phi) is 4.62. The van der Waals surface area contributed by atoms with E-state index in [1.165, 1.54) is 0 Å². The van der Waals surface area contributed by atoms with Gasteiger partial charge < -0.3 is 10.6 Å². The number of hydrogen-bond acceptors (Lipinski definition) is 2. The molecule has 0 aliphatic heterocycles. The lowest BCUT2D eigenvalue weighted by molar-refractivity contribution is 0.251. The maximum absolute atomic E-state index is 11.4. The fourth-order valence-corrected chi connectivity index (χ4v) is 1.20. The van der Waals surface area contributed by atoms with E-state index in [1.807, 2.05) is 6.07 Å².